The van der Waals surface area contributed by atoms with Gasteiger partial charge in [-0.05, 0) is 23.0 Å². The fourth-order valence-corrected chi connectivity index (χ4v) is 2.61. The van der Waals surface area contributed by atoms with E-state index in [-0.39, 0.29) is 23.7 Å². The number of carbonyl (C=O) groups is 2. The third-order valence-corrected chi connectivity index (χ3v) is 4.17. The quantitative estimate of drug-likeness (QED) is 0.872. The molecule has 5 heteroatoms. The Labute approximate surface area is 137 Å². The standard InChI is InChI=1S/C18H25NO4/c1-18(2,3)14-6-4-12(5-7-14)10-15(17(21)22)19-16(20)13-8-9-23-11-13/h4-7,13,15H,8-11H2,1-3H3,(H,19,20)(H,21,22)/t13-,15-/m1/s1. The van der Waals surface area contributed by atoms with Crippen molar-refractivity contribution in [1.82, 2.24) is 5.32 Å². The number of nitrogens with one attached hydrogen (secondary N) is 1. The Bertz CT molecular complexity index is 553. The van der Waals surface area contributed by atoms with Gasteiger partial charge in [0.25, 0.3) is 0 Å². The van der Waals surface area contributed by atoms with Gasteiger partial charge in [-0.2, -0.15) is 0 Å². The number of hydrogen-bond acceptors (Lipinski definition) is 3. The molecule has 2 N–H and O–H groups in total. The van der Waals surface area contributed by atoms with Crippen molar-refractivity contribution in [3.05, 3.63) is 35.4 Å². The molecule has 1 heterocycles. The van der Waals surface area contributed by atoms with E-state index in [9.17, 15) is 14.7 Å². The van der Waals surface area contributed by atoms with Crippen molar-refractivity contribution in [2.45, 2.75) is 45.1 Å². The predicted octanol–water partition coefficient (Wildman–Crippen LogP) is 2.13. The number of aliphatic carboxylic acids is 1. The monoisotopic (exact) mass is 319 g/mol. The van der Waals surface area contributed by atoms with Gasteiger partial charge in [-0.3, -0.25) is 4.79 Å². The molecule has 2 atom stereocenters. The van der Waals surface area contributed by atoms with Crippen LogP contribution < -0.4 is 5.32 Å². The van der Waals surface area contributed by atoms with Gasteiger partial charge in [0.2, 0.25) is 5.91 Å². The summed E-state index contributed by atoms with van der Waals surface area (Å²) >= 11 is 0. The first-order chi connectivity index (χ1) is 10.8. The third-order valence-electron chi connectivity index (χ3n) is 4.17. The Morgan fingerprint density at radius 2 is 1.96 bits per heavy atom. The zero-order valence-corrected chi connectivity index (χ0v) is 14.0. The molecule has 0 saturated carbocycles. The van der Waals surface area contributed by atoms with Crippen molar-refractivity contribution in [2.24, 2.45) is 5.92 Å². The molecule has 2 rings (SSSR count). The van der Waals surface area contributed by atoms with Crippen molar-refractivity contribution in [2.75, 3.05) is 13.2 Å². The Hall–Kier alpha value is -1.88. The van der Waals surface area contributed by atoms with Crippen LogP contribution in [0.3, 0.4) is 0 Å². The highest BCUT2D eigenvalue weighted by atomic mass is 16.5. The van der Waals surface area contributed by atoms with E-state index < -0.39 is 12.0 Å². The number of benzene rings is 1. The molecule has 126 valence electrons. The number of hydrogen-bond donors (Lipinski definition) is 2. The zero-order valence-electron chi connectivity index (χ0n) is 14.0. The maximum absolute atomic E-state index is 12.1. The van der Waals surface area contributed by atoms with Gasteiger partial charge < -0.3 is 15.2 Å². The van der Waals surface area contributed by atoms with Crippen LogP contribution in [0, 0.1) is 5.92 Å². The number of ether oxygens (including phenoxy) is 1. The van der Waals surface area contributed by atoms with Gasteiger partial charge in [0, 0.05) is 13.0 Å². The van der Waals surface area contributed by atoms with E-state index in [2.05, 4.69) is 26.1 Å². The Balaban J connectivity index is 2.01. The first kappa shape index (κ1) is 17.5. The Kier molecular flexibility index (Phi) is 5.42. The minimum Gasteiger partial charge on any atom is -0.480 e. The van der Waals surface area contributed by atoms with E-state index in [4.69, 9.17) is 4.74 Å². The molecular formula is C18H25NO4. The molecular weight excluding hydrogens is 294 g/mol. The van der Waals surface area contributed by atoms with Crippen LogP contribution in [0.25, 0.3) is 0 Å². The first-order valence-electron chi connectivity index (χ1n) is 7.97. The molecule has 1 aromatic rings. The number of rotatable bonds is 5. The van der Waals surface area contributed by atoms with Gasteiger partial charge in [-0.1, -0.05) is 45.0 Å². The average Bonchev–Trinajstić information content (AvgIpc) is 3.00. The zero-order chi connectivity index (χ0) is 17.0. The van der Waals surface area contributed by atoms with E-state index in [1.54, 1.807) is 0 Å². The summed E-state index contributed by atoms with van der Waals surface area (Å²) in [6.45, 7) is 7.33. The highest BCUT2D eigenvalue weighted by Crippen LogP contribution is 2.22. The van der Waals surface area contributed by atoms with Gasteiger partial charge in [-0.25, -0.2) is 4.79 Å². The van der Waals surface area contributed by atoms with Gasteiger partial charge in [0.1, 0.15) is 6.04 Å². The molecule has 0 spiro atoms. The lowest BCUT2D eigenvalue weighted by Crippen LogP contribution is -2.45. The molecule has 0 aromatic heterocycles. The number of amides is 1. The topological polar surface area (TPSA) is 75.6 Å². The van der Waals surface area contributed by atoms with Crippen molar-refractivity contribution in [3.8, 4) is 0 Å². The average molecular weight is 319 g/mol. The summed E-state index contributed by atoms with van der Waals surface area (Å²) in [5, 5.41) is 12.0. The van der Waals surface area contributed by atoms with E-state index >= 15 is 0 Å². The Morgan fingerprint density at radius 3 is 2.43 bits per heavy atom. The van der Waals surface area contributed by atoms with Crippen LogP contribution in [0.5, 0.6) is 0 Å². The van der Waals surface area contributed by atoms with Crippen LogP contribution in [0.15, 0.2) is 24.3 Å². The summed E-state index contributed by atoms with van der Waals surface area (Å²) in [6.07, 6.45) is 0.928. The van der Waals surface area contributed by atoms with Crippen molar-refractivity contribution < 1.29 is 19.4 Å². The van der Waals surface area contributed by atoms with Gasteiger partial charge in [-0.15, -0.1) is 0 Å². The molecule has 0 radical (unpaired) electrons. The first-order valence-corrected chi connectivity index (χ1v) is 7.97. The lowest BCUT2D eigenvalue weighted by atomic mass is 9.86. The van der Waals surface area contributed by atoms with Gasteiger partial charge >= 0.3 is 5.97 Å². The number of carboxylic acid groups (broad SMARTS) is 1. The predicted molar refractivity (Wildman–Crippen MR) is 87.3 cm³/mol. The van der Waals surface area contributed by atoms with Crippen LogP contribution in [0.4, 0.5) is 0 Å². The molecule has 0 bridgehead atoms. The van der Waals surface area contributed by atoms with Crippen LogP contribution in [0.2, 0.25) is 0 Å². The lowest BCUT2D eigenvalue weighted by molar-refractivity contribution is -0.142. The molecule has 1 aromatic carbocycles. The summed E-state index contributed by atoms with van der Waals surface area (Å²) < 4.78 is 5.18. The molecule has 1 aliphatic rings. The highest BCUT2D eigenvalue weighted by molar-refractivity contribution is 5.85. The third kappa shape index (κ3) is 4.79. The second-order valence-electron chi connectivity index (χ2n) is 7.11. The molecule has 23 heavy (non-hydrogen) atoms. The van der Waals surface area contributed by atoms with E-state index in [0.29, 0.717) is 19.6 Å². The molecule has 1 amide bonds. The fraction of sp³-hybridized carbons (Fsp3) is 0.556. The largest absolute Gasteiger partial charge is 0.480 e. The minimum absolute atomic E-state index is 0.0570. The van der Waals surface area contributed by atoms with E-state index in [1.165, 1.54) is 5.56 Å². The molecule has 0 aliphatic carbocycles. The van der Waals surface area contributed by atoms with Gasteiger partial charge in [0.15, 0.2) is 0 Å². The highest BCUT2D eigenvalue weighted by Gasteiger charge is 2.28. The van der Waals surface area contributed by atoms with Crippen molar-refractivity contribution in [1.29, 1.82) is 0 Å². The number of carboxylic acids is 1. The number of carbonyl (C=O) groups excluding carboxylic acids is 1. The SMILES string of the molecule is CC(C)(C)c1ccc(C[C@@H](NC(=O)[C@@H]2CCOC2)C(=O)O)cc1. The normalized spacial score (nSPS) is 19.3. The summed E-state index contributed by atoms with van der Waals surface area (Å²) in [6, 6.07) is 6.98. The molecule has 1 fully saturated rings. The smallest absolute Gasteiger partial charge is 0.326 e. The van der Waals surface area contributed by atoms with Gasteiger partial charge in [0.05, 0.1) is 12.5 Å². The maximum atomic E-state index is 12.1. The van der Waals surface area contributed by atoms with Crippen molar-refractivity contribution >= 4 is 11.9 Å². The van der Waals surface area contributed by atoms with Crippen LogP contribution >= 0.6 is 0 Å². The van der Waals surface area contributed by atoms with Crippen LogP contribution in [-0.4, -0.2) is 36.2 Å². The molecule has 1 saturated heterocycles. The molecule has 0 unspecified atom stereocenters. The summed E-state index contributed by atoms with van der Waals surface area (Å²) in [5.41, 5.74) is 2.15. The molecule has 1 aliphatic heterocycles. The van der Waals surface area contributed by atoms with Crippen LogP contribution in [-0.2, 0) is 26.2 Å². The van der Waals surface area contributed by atoms with E-state index in [1.807, 2.05) is 24.3 Å². The Morgan fingerprint density at radius 1 is 1.30 bits per heavy atom. The minimum atomic E-state index is -1.02. The maximum Gasteiger partial charge on any atom is 0.326 e. The lowest BCUT2D eigenvalue weighted by Gasteiger charge is -2.20. The summed E-state index contributed by atoms with van der Waals surface area (Å²) in [7, 11) is 0. The molecule has 5 nitrogen and oxygen atoms in total. The fourth-order valence-electron chi connectivity index (χ4n) is 2.61. The van der Waals surface area contributed by atoms with E-state index in [0.717, 1.165) is 5.56 Å². The van der Waals surface area contributed by atoms with Crippen LogP contribution in [0.1, 0.15) is 38.3 Å². The summed E-state index contributed by atoms with van der Waals surface area (Å²) in [5.74, 6) is -1.49. The second-order valence-corrected chi connectivity index (χ2v) is 7.11. The van der Waals surface area contributed by atoms with Crippen molar-refractivity contribution in [3.63, 3.8) is 0 Å². The second kappa shape index (κ2) is 7.13. The summed E-state index contributed by atoms with van der Waals surface area (Å²) in [4.78, 5) is 23.5.